The van der Waals surface area contributed by atoms with Gasteiger partial charge in [-0.15, -0.1) is 0 Å². The average molecular weight is 268 g/mol. The first-order chi connectivity index (χ1) is 9.69. The molecular formula is C15H12N2O3. The van der Waals surface area contributed by atoms with Crippen LogP contribution in [0.25, 0.3) is 0 Å². The minimum absolute atomic E-state index is 0.0651. The summed E-state index contributed by atoms with van der Waals surface area (Å²) < 4.78 is 0. The predicted molar refractivity (Wildman–Crippen MR) is 76.8 cm³/mol. The summed E-state index contributed by atoms with van der Waals surface area (Å²) in [6.45, 7) is 0. The van der Waals surface area contributed by atoms with E-state index in [0.717, 1.165) is 5.56 Å². The van der Waals surface area contributed by atoms with Crippen molar-refractivity contribution in [3.63, 3.8) is 0 Å². The maximum Gasteiger partial charge on any atom is 0.153 e. The lowest BCUT2D eigenvalue weighted by Gasteiger charge is -1.97. The Bertz CT molecular complexity index is 661. The number of phenols is 2. The lowest BCUT2D eigenvalue weighted by atomic mass is 10.1. The number of carbonyl (C=O) groups excluding carboxylic acids is 1. The quantitative estimate of drug-likeness (QED) is 0.507. The zero-order chi connectivity index (χ0) is 14.4. The summed E-state index contributed by atoms with van der Waals surface area (Å²) in [5.41, 5.74) is 1.67. The number of aromatic hydroxyl groups is 2. The van der Waals surface area contributed by atoms with Gasteiger partial charge in [0.2, 0.25) is 0 Å². The third-order valence-corrected chi connectivity index (χ3v) is 2.55. The molecule has 0 radical (unpaired) electrons. The second-order valence-corrected chi connectivity index (χ2v) is 4.02. The number of benzene rings is 2. The van der Waals surface area contributed by atoms with Crippen molar-refractivity contribution >= 4 is 18.7 Å². The van der Waals surface area contributed by atoms with Gasteiger partial charge in [-0.25, -0.2) is 0 Å². The van der Waals surface area contributed by atoms with E-state index in [2.05, 4.69) is 10.2 Å². The molecule has 0 atom stereocenters. The normalized spacial score (nSPS) is 11.2. The number of rotatable bonds is 4. The highest BCUT2D eigenvalue weighted by atomic mass is 16.3. The number of hydrogen-bond donors (Lipinski definition) is 2. The van der Waals surface area contributed by atoms with E-state index in [1.54, 1.807) is 30.3 Å². The minimum atomic E-state index is -0.0651. The molecule has 100 valence electrons. The van der Waals surface area contributed by atoms with Gasteiger partial charge >= 0.3 is 0 Å². The Morgan fingerprint density at radius 1 is 0.850 bits per heavy atom. The third kappa shape index (κ3) is 3.52. The Labute approximate surface area is 115 Å². The molecule has 0 spiro atoms. The fourth-order valence-electron chi connectivity index (χ4n) is 1.51. The summed E-state index contributed by atoms with van der Waals surface area (Å²) in [5, 5.41) is 26.2. The molecule has 5 heteroatoms. The SMILES string of the molecule is O=Cc1cc(/C=N/N=C/c2ccc(O)cc2)ccc1O. The molecule has 20 heavy (non-hydrogen) atoms. The largest absolute Gasteiger partial charge is 0.508 e. The van der Waals surface area contributed by atoms with Crippen molar-refractivity contribution in [3.8, 4) is 11.5 Å². The van der Waals surface area contributed by atoms with Crippen molar-refractivity contribution in [1.82, 2.24) is 0 Å². The number of carbonyl (C=O) groups is 1. The molecule has 0 amide bonds. The first kappa shape index (κ1) is 13.5. The van der Waals surface area contributed by atoms with Crippen molar-refractivity contribution in [1.29, 1.82) is 0 Å². The molecule has 0 unspecified atom stereocenters. The summed E-state index contributed by atoms with van der Waals surface area (Å²) in [5.74, 6) is 0.126. The van der Waals surface area contributed by atoms with Gasteiger partial charge in [-0.1, -0.05) is 0 Å². The molecular weight excluding hydrogens is 256 g/mol. The summed E-state index contributed by atoms with van der Waals surface area (Å²) in [4.78, 5) is 10.7. The van der Waals surface area contributed by atoms with Crippen LogP contribution in [0.4, 0.5) is 0 Å². The Hall–Kier alpha value is -2.95. The van der Waals surface area contributed by atoms with E-state index >= 15 is 0 Å². The second kappa shape index (κ2) is 6.29. The van der Waals surface area contributed by atoms with Crippen molar-refractivity contribution in [2.24, 2.45) is 10.2 Å². The summed E-state index contributed by atoms with van der Waals surface area (Å²) in [7, 11) is 0. The molecule has 0 saturated carbocycles. The topological polar surface area (TPSA) is 82.2 Å². The average Bonchev–Trinajstić information content (AvgIpc) is 2.47. The van der Waals surface area contributed by atoms with Gasteiger partial charge in [0.25, 0.3) is 0 Å². The van der Waals surface area contributed by atoms with E-state index in [1.165, 1.54) is 24.6 Å². The first-order valence-electron chi connectivity index (χ1n) is 5.82. The van der Waals surface area contributed by atoms with Gasteiger partial charge < -0.3 is 10.2 Å². The van der Waals surface area contributed by atoms with Crippen molar-refractivity contribution in [2.75, 3.05) is 0 Å². The van der Waals surface area contributed by atoms with Crippen LogP contribution in [0.1, 0.15) is 21.5 Å². The molecule has 2 N–H and O–H groups in total. The summed E-state index contributed by atoms with van der Waals surface area (Å²) in [6, 6.07) is 11.1. The standard InChI is InChI=1S/C15H12N2O3/c18-10-13-7-12(3-6-15(13)20)9-17-16-8-11-1-4-14(19)5-2-11/h1-10,19-20H/b16-8+,17-9+. The smallest absolute Gasteiger partial charge is 0.153 e. The Morgan fingerprint density at radius 3 is 2.10 bits per heavy atom. The molecule has 0 saturated heterocycles. The van der Waals surface area contributed by atoms with Crippen LogP contribution in [0, 0.1) is 0 Å². The van der Waals surface area contributed by atoms with Gasteiger partial charge in [0.05, 0.1) is 18.0 Å². The predicted octanol–water partition coefficient (Wildman–Crippen LogP) is 2.36. The van der Waals surface area contributed by atoms with Crippen LogP contribution >= 0.6 is 0 Å². The number of phenolic OH excluding ortho intramolecular Hbond substituents is 2. The van der Waals surface area contributed by atoms with Gasteiger partial charge in [-0.05, 0) is 53.6 Å². The van der Waals surface area contributed by atoms with Crippen LogP contribution in [-0.4, -0.2) is 28.9 Å². The zero-order valence-electron chi connectivity index (χ0n) is 10.5. The maximum absolute atomic E-state index is 10.7. The molecule has 0 fully saturated rings. The summed E-state index contributed by atoms with van der Waals surface area (Å²) >= 11 is 0. The highest BCUT2D eigenvalue weighted by Crippen LogP contribution is 2.15. The van der Waals surface area contributed by atoms with Crippen LogP contribution in [0.5, 0.6) is 11.5 Å². The van der Waals surface area contributed by atoms with Crippen LogP contribution < -0.4 is 0 Å². The van der Waals surface area contributed by atoms with Crippen molar-refractivity contribution in [2.45, 2.75) is 0 Å². The Balaban J connectivity index is 2.06. The van der Waals surface area contributed by atoms with Crippen molar-refractivity contribution in [3.05, 3.63) is 59.2 Å². The van der Waals surface area contributed by atoms with Crippen LogP contribution in [0.3, 0.4) is 0 Å². The van der Waals surface area contributed by atoms with E-state index in [4.69, 9.17) is 5.11 Å². The summed E-state index contributed by atoms with van der Waals surface area (Å²) in [6.07, 6.45) is 3.59. The van der Waals surface area contributed by atoms with Crippen LogP contribution in [0.15, 0.2) is 52.7 Å². The molecule has 5 nitrogen and oxygen atoms in total. The van der Waals surface area contributed by atoms with Gasteiger partial charge in [0, 0.05) is 0 Å². The van der Waals surface area contributed by atoms with E-state index in [9.17, 15) is 9.90 Å². The van der Waals surface area contributed by atoms with Crippen molar-refractivity contribution < 1.29 is 15.0 Å². The lowest BCUT2D eigenvalue weighted by molar-refractivity contribution is 0.112. The van der Waals surface area contributed by atoms with Gasteiger partial charge in [-0.3, -0.25) is 4.79 Å². The molecule has 0 aliphatic heterocycles. The minimum Gasteiger partial charge on any atom is -0.508 e. The Kier molecular flexibility index (Phi) is 4.24. The molecule has 2 aromatic carbocycles. The van der Waals surface area contributed by atoms with Crippen LogP contribution in [-0.2, 0) is 0 Å². The highest BCUT2D eigenvalue weighted by molar-refractivity contribution is 5.87. The number of aldehydes is 1. The highest BCUT2D eigenvalue weighted by Gasteiger charge is 1.99. The van der Waals surface area contributed by atoms with E-state index in [1.807, 2.05) is 0 Å². The first-order valence-corrected chi connectivity index (χ1v) is 5.82. The van der Waals surface area contributed by atoms with Gasteiger partial charge in [0.1, 0.15) is 11.5 Å². The second-order valence-electron chi connectivity index (χ2n) is 4.02. The Morgan fingerprint density at radius 2 is 1.45 bits per heavy atom. The van der Waals surface area contributed by atoms with Crippen LogP contribution in [0.2, 0.25) is 0 Å². The lowest BCUT2D eigenvalue weighted by Crippen LogP contribution is -1.86. The van der Waals surface area contributed by atoms with E-state index < -0.39 is 0 Å². The van der Waals surface area contributed by atoms with Gasteiger partial charge in [0.15, 0.2) is 6.29 Å². The van der Waals surface area contributed by atoms with Gasteiger partial charge in [-0.2, -0.15) is 10.2 Å². The molecule has 0 aliphatic rings. The molecule has 2 rings (SSSR count). The zero-order valence-corrected chi connectivity index (χ0v) is 10.5. The molecule has 0 heterocycles. The fraction of sp³-hybridized carbons (Fsp3) is 0. The molecule has 0 bridgehead atoms. The third-order valence-electron chi connectivity index (χ3n) is 2.55. The number of hydrogen-bond acceptors (Lipinski definition) is 5. The monoisotopic (exact) mass is 268 g/mol. The number of nitrogens with zero attached hydrogens (tertiary/aromatic N) is 2. The molecule has 0 aliphatic carbocycles. The van der Waals surface area contributed by atoms with E-state index in [0.29, 0.717) is 11.8 Å². The molecule has 0 aromatic heterocycles. The molecule has 2 aromatic rings. The fourth-order valence-corrected chi connectivity index (χ4v) is 1.51. The van der Waals surface area contributed by atoms with E-state index in [-0.39, 0.29) is 17.1 Å². The maximum atomic E-state index is 10.7.